The summed E-state index contributed by atoms with van der Waals surface area (Å²) >= 11 is 0. The average Bonchev–Trinajstić information content (AvgIpc) is 3.64. The third-order valence-corrected chi connectivity index (χ3v) is 6.23. The van der Waals surface area contributed by atoms with Gasteiger partial charge in [-0.05, 0) is 43.2 Å². The molecule has 4 aromatic rings. The topological polar surface area (TPSA) is 81.3 Å². The molecule has 8 nitrogen and oxygen atoms in total. The van der Waals surface area contributed by atoms with Crippen molar-refractivity contribution in [1.29, 1.82) is 0 Å². The van der Waals surface area contributed by atoms with Crippen molar-refractivity contribution in [3.05, 3.63) is 85.5 Å². The van der Waals surface area contributed by atoms with Crippen LogP contribution in [0.3, 0.4) is 0 Å². The number of anilines is 3. The summed E-state index contributed by atoms with van der Waals surface area (Å²) in [5.41, 5.74) is 0.374. The second-order valence-electron chi connectivity index (χ2n) is 8.96. The van der Waals surface area contributed by atoms with Crippen LogP contribution in [0.1, 0.15) is 18.9 Å². The average molecular weight is 471 g/mol. The van der Waals surface area contributed by atoms with E-state index in [4.69, 9.17) is 7.85 Å². The smallest absolute Gasteiger partial charge is 0.337 e. The Labute approximate surface area is 201 Å². The SMILES string of the molecule is [B]c1ccc(Nc2cc(=O)n(C)c3c2c(=O)n(C2CC2)c(=O)n3-c2cccc(N(C)C)c2)c(F)c1. The molecule has 0 atom stereocenters. The molecule has 0 bridgehead atoms. The molecule has 10 heteroatoms. The van der Waals surface area contributed by atoms with Crippen LogP contribution in [-0.2, 0) is 7.05 Å². The molecule has 1 aliphatic rings. The highest BCUT2D eigenvalue weighted by Crippen LogP contribution is 2.33. The Morgan fingerprint density at radius 1 is 1.03 bits per heavy atom. The van der Waals surface area contributed by atoms with Gasteiger partial charge >= 0.3 is 5.69 Å². The minimum atomic E-state index is -0.631. The van der Waals surface area contributed by atoms with Crippen LogP contribution in [0.25, 0.3) is 16.7 Å². The van der Waals surface area contributed by atoms with Crippen LogP contribution < -0.4 is 32.5 Å². The molecule has 2 heterocycles. The van der Waals surface area contributed by atoms with Gasteiger partial charge in [0.05, 0.1) is 17.1 Å². The van der Waals surface area contributed by atoms with E-state index in [2.05, 4.69) is 5.32 Å². The zero-order valence-corrected chi connectivity index (χ0v) is 19.6. The van der Waals surface area contributed by atoms with Crippen molar-refractivity contribution in [3.63, 3.8) is 0 Å². The number of aromatic nitrogens is 3. The van der Waals surface area contributed by atoms with E-state index < -0.39 is 22.6 Å². The molecule has 0 saturated heterocycles. The third kappa shape index (κ3) is 3.84. The van der Waals surface area contributed by atoms with Gasteiger partial charge in [0.2, 0.25) is 0 Å². The first-order chi connectivity index (χ1) is 16.7. The van der Waals surface area contributed by atoms with Crippen molar-refractivity contribution in [2.24, 2.45) is 7.05 Å². The van der Waals surface area contributed by atoms with Crippen molar-refractivity contribution in [2.45, 2.75) is 18.9 Å². The molecule has 5 rings (SSSR count). The fourth-order valence-corrected chi connectivity index (χ4v) is 4.24. The zero-order valence-electron chi connectivity index (χ0n) is 19.6. The van der Waals surface area contributed by atoms with E-state index in [1.54, 1.807) is 12.1 Å². The Bertz CT molecular complexity index is 1670. The maximum Gasteiger partial charge on any atom is 0.337 e. The van der Waals surface area contributed by atoms with Crippen LogP contribution in [0, 0.1) is 5.82 Å². The number of hydrogen-bond acceptors (Lipinski definition) is 5. The van der Waals surface area contributed by atoms with Gasteiger partial charge in [0.1, 0.15) is 24.7 Å². The number of rotatable bonds is 5. The first kappa shape index (κ1) is 22.7. The van der Waals surface area contributed by atoms with Crippen LogP contribution >= 0.6 is 0 Å². The van der Waals surface area contributed by atoms with Gasteiger partial charge in [-0.3, -0.25) is 18.7 Å². The van der Waals surface area contributed by atoms with E-state index in [1.807, 2.05) is 31.1 Å². The second kappa shape index (κ2) is 8.30. The van der Waals surface area contributed by atoms with Gasteiger partial charge in [-0.1, -0.05) is 17.6 Å². The number of halogens is 1. The molecular weight excluding hydrogens is 448 g/mol. The van der Waals surface area contributed by atoms with Crippen LogP contribution in [0.4, 0.5) is 21.5 Å². The zero-order chi connectivity index (χ0) is 25.0. The molecule has 2 aromatic carbocycles. The van der Waals surface area contributed by atoms with Crippen LogP contribution in [-0.4, -0.2) is 35.6 Å². The lowest BCUT2D eigenvalue weighted by molar-refractivity contribution is 0.632. The summed E-state index contributed by atoms with van der Waals surface area (Å²) in [6, 6.07) is 12.4. The van der Waals surface area contributed by atoms with E-state index in [0.717, 1.165) is 11.8 Å². The fraction of sp³-hybridized carbons (Fsp3) is 0.240. The van der Waals surface area contributed by atoms with Gasteiger partial charge in [0.25, 0.3) is 11.1 Å². The molecule has 35 heavy (non-hydrogen) atoms. The lowest BCUT2D eigenvalue weighted by Gasteiger charge is -2.20. The molecule has 0 unspecified atom stereocenters. The Morgan fingerprint density at radius 2 is 1.77 bits per heavy atom. The Hall–Kier alpha value is -4.08. The number of nitrogens with one attached hydrogen (secondary N) is 1. The monoisotopic (exact) mass is 471 g/mol. The van der Waals surface area contributed by atoms with Crippen molar-refractivity contribution in [2.75, 3.05) is 24.3 Å². The number of aryl methyl sites for hydroxylation is 1. The number of pyridine rings is 1. The highest BCUT2D eigenvalue weighted by atomic mass is 19.1. The highest BCUT2D eigenvalue weighted by molar-refractivity contribution is 6.32. The largest absolute Gasteiger partial charge is 0.378 e. The molecule has 0 aliphatic heterocycles. The molecular formula is C25H23BFN5O3. The van der Waals surface area contributed by atoms with Gasteiger partial charge in [-0.2, -0.15) is 0 Å². The van der Waals surface area contributed by atoms with Crippen molar-refractivity contribution >= 4 is 41.4 Å². The predicted octanol–water partition coefficient (Wildman–Crippen LogP) is 1.93. The van der Waals surface area contributed by atoms with Crippen molar-refractivity contribution in [1.82, 2.24) is 13.7 Å². The second-order valence-corrected chi connectivity index (χ2v) is 8.96. The van der Waals surface area contributed by atoms with Crippen LogP contribution in [0.5, 0.6) is 0 Å². The molecule has 176 valence electrons. The van der Waals surface area contributed by atoms with Gasteiger partial charge < -0.3 is 10.2 Å². The highest BCUT2D eigenvalue weighted by Gasteiger charge is 2.31. The Morgan fingerprint density at radius 3 is 2.43 bits per heavy atom. The summed E-state index contributed by atoms with van der Waals surface area (Å²) < 4.78 is 18.5. The molecule has 1 fully saturated rings. The Kier molecular flexibility index (Phi) is 5.38. The van der Waals surface area contributed by atoms with E-state index in [1.165, 1.54) is 38.9 Å². The number of benzene rings is 2. The summed E-state index contributed by atoms with van der Waals surface area (Å²) in [6.45, 7) is 0. The van der Waals surface area contributed by atoms with Gasteiger partial charge in [-0.25, -0.2) is 13.8 Å². The number of hydrogen-bond donors (Lipinski definition) is 1. The maximum absolute atomic E-state index is 14.6. The molecule has 1 N–H and O–H groups in total. The van der Waals surface area contributed by atoms with Gasteiger partial charge in [0.15, 0.2) is 0 Å². The summed E-state index contributed by atoms with van der Waals surface area (Å²) in [6.07, 6.45) is 1.42. The lowest BCUT2D eigenvalue weighted by atomic mass is 9.96. The quantitative estimate of drug-likeness (QED) is 0.450. The maximum atomic E-state index is 14.6. The fourth-order valence-electron chi connectivity index (χ4n) is 4.24. The minimum Gasteiger partial charge on any atom is -0.378 e. The third-order valence-electron chi connectivity index (χ3n) is 6.23. The standard InChI is InChI=1S/C25H23BFN5O3/c1-29(2)16-5-4-6-17(12-16)31-23-22(24(34)32(25(31)35)15-8-9-15)20(13-21(33)30(23)3)28-19-10-7-14(26)11-18(19)27/h4-7,10-13,15,28H,8-9H2,1-3H3. The normalized spacial score (nSPS) is 13.3. The molecule has 2 aromatic heterocycles. The van der Waals surface area contributed by atoms with E-state index in [-0.39, 0.29) is 33.9 Å². The Balaban J connectivity index is 1.89. The first-order valence-corrected chi connectivity index (χ1v) is 11.2. The van der Waals surface area contributed by atoms with E-state index >= 15 is 0 Å². The van der Waals surface area contributed by atoms with Crippen molar-refractivity contribution < 1.29 is 4.39 Å². The van der Waals surface area contributed by atoms with Crippen LogP contribution in [0.15, 0.2) is 62.9 Å². The van der Waals surface area contributed by atoms with Crippen molar-refractivity contribution in [3.8, 4) is 5.69 Å². The van der Waals surface area contributed by atoms with Gasteiger partial charge in [-0.15, -0.1) is 0 Å². The van der Waals surface area contributed by atoms with E-state index in [0.29, 0.717) is 18.5 Å². The number of nitrogens with zero attached hydrogens (tertiary/aromatic N) is 4. The summed E-state index contributed by atoms with van der Waals surface area (Å²) in [7, 11) is 10.9. The molecule has 2 radical (unpaired) electrons. The van der Waals surface area contributed by atoms with Crippen LogP contribution in [0.2, 0.25) is 0 Å². The van der Waals surface area contributed by atoms with Gasteiger partial charge in [0, 0.05) is 38.9 Å². The molecule has 1 aliphatic carbocycles. The lowest BCUT2D eigenvalue weighted by Crippen LogP contribution is -2.41. The summed E-state index contributed by atoms with van der Waals surface area (Å²) in [5, 5.41) is 3.00. The predicted molar refractivity (Wildman–Crippen MR) is 137 cm³/mol. The van der Waals surface area contributed by atoms with E-state index in [9.17, 15) is 18.8 Å². The number of fused-ring (bicyclic) bond motifs is 1. The summed E-state index contributed by atoms with van der Waals surface area (Å²) in [4.78, 5) is 42.2. The minimum absolute atomic E-state index is 0.0541. The molecule has 0 spiro atoms. The molecule has 0 amide bonds. The summed E-state index contributed by atoms with van der Waals surface area (Å²) in [5.74, 6) is -0.631. The first-order valence-electron chi connectivity index (χ1n) is 11.2. The molecule has 1 saturated carbocycles.